The lowest BCUT2D eigenvalue weighted by molar-refractivity contribution is 0.347. The molecule has 6 nitrogen and oxygen atoms in total. The SMILES string of the molecule is Cc1sc2ncnc(NC3CCCCC3)c2c1S(=O)(=O)N1CCCCC1. The first-order valence-electron chi connectivity index (χ1n) is 9.58. The average Bonchev–Trinajstić information content (AvgIpc) is 3.01. The smallest absolute Gasteiger partial charge is 0.244 e. The van der Waals surface area contributed by atoms with Crippen molar-refractivity contribution in [2.24, 2.45) is 0 Å². The molecule has 4 rings (SSSR count). The second kappa shape index (κ2) is 7.40. The molecule has 0 radical (unpaired) electrons. The molecule has 3 heterocycles. The Morgan fingerprint density at radius 1 is 1.08 bits per heavy atom. The summed E-state index contributed by atoms with van der Waals surface area (Å²) in [5.41, 5.74) is 0. The molecule has 26 heavy (non-hydrogen) atoms. The number of nitrogens with zero attached hydrogens (tertiary/aromatic N) is 3. The zero-order chi connectivity index (χ0) is 18.1. The molecule has 2 fully saturated rings. The summed E-state index contributed by atoms with van der Waals surface area (Å²) in [5.74, 6) is 0.682. The second-order valence-electron chi connectivity index (χ2n) is 7.33. The van der Waals surface area contributed by atoms with Gasteiger partial charge in [0.05, 0.1) is 5.39 Å². The lowest BCUT2D eigenvalue weighted by atomic mass is 9.95. The van der Waals surface area contributed by atoms with Crippen molar-refractivity contribution in [2.75, 3.05) is 18.4 Å². The van der Waals surface area contributed by atoms with E-state index in [4.69, 9.17) is 0 Å². The third-order valence-corrected chi connectivity index (χ3v) is 8.68. The number of aryl methyl sites for hydroxylation is 1. The quantitative estimate of drug-likeness (QED) is 0.851. The van der Waals surface area contributed by atoms with Crippen LogP contribution in [0.3, 0.4) is 0 Å². The zero-order valence-electron chi connectivity index (χ0n) is 15.2. The van der Waals surface area contributed by atoms with Gasteiger partial charge in [-0.2, -0.15) is 4.31 Å². The minimum atomic E-state index is -3.52. The van der Waals surface area contributed by atoms with Gasteiger partial charge in [0.2, 0.25) is 10.0 Å². The van der Waals surface area contributed by atoms with E-state index in [9.17, 15) is 8.42 Å². The molecular weight excluding hydrogens is 368 g/mol. The number of anilines is 1. The summed E-state index contributed by atoms with van der Waals surface area (Å²) in [4.78, 5) is 10.8. The first-order chi connectivity index (χ1) is 12.6. The fourth-order valence-corrected chi connectivity index (χ4v) is 7.32. The van der Waals surface area contributed by atoms with E-state index in [2.05, 4.69) is 15.3 Å². The fourth-order valence-electron chi connectivity index (χ4n) is 4.11. The van der Waals surface area contributed by atoms with Gasteiger partial charge in [-0.15, -0.1) is 11.3 Å². The van der Waals surface area contributed by atoms with Crippen molar-refractivity contribution in [3.8, 4) is 0 Å². The Kier molecular flexibility index (Phi) is 5.16. The molecular formula is C18H26N4O2S2. The maximum Gasteiger partial charge on any atom is 0.244 e. The topological polar surface area (TPSA) is 75.2 Å². The van der Waals surface area contributed by atoms with E-state index in [1.54, 1.807) is 10.6 Å². The maximum absolute atomic E-state index is 13.4. The number of piperidine rings is 1. The van der Waals surface area contributed by atoms with Gasteiger partial charge in [-0.3, -0.25) is 0 Å². The molecule has 0 atom stereocenters. The molecule has 1 aliphatic carbocycles. The van der Waals surface area contributed by atoms with Crippen LogP contribution in [0.2, 0.25) is 0 Å². The van der Waals surface area contributed by atoms with Crippen LogP contribution in [0.25, 0.3) is 10.2 Å². The molecule has 0 spiro atoms. The monoisotopic (exact) mass is 394 g/mol. The van der Waals surface area contributed by atoms with Gasteiger partial charge in [-0.05, 0) is 32.6 Å². The summed E-state index contributed by atoms with van der Waals surface area (Å²) < 4.78 is 28.4. The molecule has 2 aromatic rings. The summed E-state index contributed by atoms with van der Waals surface area (Å²) in [5, 5.41) is 4.21. The van der Waals surface area contributed by atoms with Crippen LogP contribution < -0.4 is 5.32 Å². The predicted octanol–water partition coefficient (Wildman–Crippen LogP) is 3.92. The Morgan fingerprint density at radius 2 is 1.77 bits per heavy atom. The number of thiophene rings is 1. The zero-order valence-corrected chi connectivity index (χ0v) is 16.8. The number of hydrogen-bond acceptors (Lipinski definition) is 6. The highest BCUT2D eigenvalue weighted by molar-refractivity contribution is 7.89. The fraction of sp³-hybridized carbons (Fsp3) is 0.667. The van der Waals surface area contributed by atoms with Crippen molar-refractivity contribution in [3.05, 3.63) is 11.2 Å². The van der Waals surface area contributed by atoms with Gasteiger partial charge >= 0.3 is 0 Å². The van der Waals surface area contributed by atoms with Crippen LogP contribution in [-0.4, -0.2) is 41.8 Å². The second-order valence-corrected chi connectivity index (χ2v) is 10.4. The van der Waals surface area contributed by atoms with Gasteiger partial charge in [0.1, 0.15) is 21.9 Å². The Morgan fingerprint density at radius 3 is 2.50 bits per heavy atom. The van der Waals surface area contributed by atoms with E-state index in [1.807, 2.05) is 6.92 Å². The third-order valence-electron chi connectivity index (χ3n) is 5.47. The molecule has 8 heteroatoms. The van der Waals surface area contributed by atoms with Crippen molar-refractivity contribution in [2.45, 2.75) is 69.2 Å². The molecule has 0 bridgehead atoms. The minimum absolute atomic E-state index is 0.368. The molecule has 142 valence electrons. The molecule has 2 aromatic heterocycles. The molecule has 1 N–H and O–H groups in total. The average molecular weight is 395 g/mol. The van der Waals surface area contributed by atoms with Gasteiger partial charge in [0, 0.05) is 24.0 Å². The van der Waals surface area contributed by atoms with Crippen LogP contribution in [0.1, 0.15) is 56.2 Å². The van der Waals surface area contributed by atoms with Gasteiger partial charge in [-0.1, -0.05) is 25.7 Å². The minimum Gasteiger partial charge on any atom is -0.367 e. The summed E-state index contributed by atoms with van der Waals surface area (Å²) >= 11 is 1.45. The Balaban J connectivity index is 1.77. The normalized spacial score (nSPS) is 20.5. The summed E-state index contributed by atoms with van der Waals surface area (Å²) in [6.45, 7) is 3.10. The maximum atomic E-state index is 13.4. The Labute approximate surface area is 159 Å². The first kappa shape index (κ1) is 18.1. The van der Waals surface area contributed by atoms with Crippen LogP contribution in [0.5, 0.6) is 0 Å². The van der Waals surface area contributed by atoms with Gasteiger partial charge in [0.15, 0.2) is 0 Å². The number of aromatic nitrogens is 2. The number of rotatable bonds is 4. The molecule has 1 saturated heterocycles. The van der Waals surface area contributed by atoms with E-state index in [0.717, 1.165) is 41.8 Å². The number of sulfonamides is 1. The van der Waals surface area contributed by atoms with E-state index in [1.165, 1.54) is 30.6 Å². The van der Waals surface area contributed by atoms with Gasteiger partial charge in [0.25, 0.3) is 0 Å². The van der Waals surface area contributed by atoms with Crippen molar-refractivity contribution in [1.29, 1.82) is 0 Å². The standard InChI is InChI=1S/C18H26N4O2S2/c1-13-16(26(23,24)22-10-6-3-7-11-22)15-17(19-12-20-18(15)25-13)21-14-8-4-2-5-9-14/h12,14H,2-11H2,1H3,(H,19,20,21). The summed E-state index contributed by atoms with van der Waals surface area (Å²) in [6, 6.07) is 0.368. The largest absolute Gasteiger partial charge is 0.367 e. The number of hydrogen-bond donors (Lipinski definition) is 1. The van der Waals surface area contributed by atoms with E-state index >= 15 is 0 Å². The van der Waals surface area contributed by atoms with Crippen LogP contribution in [0.15, 0.2) is 11.2 Å². The molecule has 1 aliphatic heterocycles. The highest BCUT2D eigenvalue weighted by Crippen LogP contribution is 2.39. The van der Waals surface area contributed by atoms with Gasteiger partial charge < -0.3 is 5.32 Å². The third kappa shape index (κ3) is 3.34. The molecule has 2 aliphatic rings. The molecule has 0 unspecified atom stereocenters. The van der Waals surface area contributed by atoms with Crippen LogP contribution in [0.4, 0.5) is 5.82 Å². The molecule has 0 aromatic carbocycles. The molecule has 1 saturated carbocycles. The first-order valence-corrected chi connectivity index (χ1v) is 11.8. The van der Waals surface area contributed by atoms with Crippen LogP contribution in [0, 0.1) is 6.92 Å². The van der Waals surface area contributed by atoms with Crippen molar-refractivity contribution < 1.29 is 8.42 Å². The van der Waals surface area contributed by atoms with E-state index < -0.39 is 10.0 Å². The van der Waals surface area contributed by atoms with Crippen molar-refractivity contribution >= 4 is 37.4 Å². The van der Waals surface area contributed by atoms with E-state index in [0.29, 0.717) is 35.2 Å². The Hall–Kier alpha value is -1.25. The van der Waals surface area contributed by atoms with Crippen molar-refractivity contribution in [1.82, 2.24) is 14.3 Å². The van der Waals surface area contributed by atoms with Crippen molar-refractivity contribution in [3.63, 3.8) is 0 Å². The highest BCUT2D eigenvalue weighted by Gasteiger charge is 2.32. The van der Waals surface area contributed by atoms with E-state index in [-0.39, 0.29) is 0 Å². The van der Waals surface area contributed by atoms with Gasteiger partial charge in [-0.25, -0.2) is 18.4 Å². The number of nitrogens with one attached hydrogen (secondary N) is 1. The predicted molar refractivity (Wildman–Crippen MR) is 105 cm³/mol. The highest BCUT2D eigenvalue weighted by atomic mass is 32.2. The van der Waals surface area contributed by atoms with Crippen LogP contribution >= 0.6 is 11.3 Å². The Bertz CT molecular complexity index is 882. The van der Waals surface area contributed by atoms with Crippen LogP contribution in [-0.2, 0) is 10.0 Å². The summed E-state index contributed by atoms with van der Waals surface area (Å²) in [7, 11) is -3.52. The lowest BCUT2D eigenvalue weighted by Crippen LogP contribution is -2.35. The lowest BCUT2D eigenvalue weighted by Gasteiger charge is -2.27. The number of fused-ring (bicyclic) bond motifs is 1. The summed E-state index contributed by atoms with van der Waals surface area (Å²) in [6.07, 6.45) is 10.5. The molecule has 0 amide bonds.